The highest BCUT2D eigenvalue weighted by Gasteiger charge is 2.20. The maximum absolute atomic E-state index is 12.3. The molecule has 9 heteroatoms. The number of piperazine rings is 1. The Labute approximate surface area is 188 Å². The van der Waals surface area contributed by atoms with Crippen LogP contribution in [0, 0.1) is 0 Å². The minimum Gasteiger partial charge on any atom is -0.497 e. The molecule has 2 aromatic carbocycles. The predicted molar refractivity (Wildman–Crippen MR) is 123 cm³/mol. The molecule has 1 heterocycles. The molecule has 2 amide bonds. The molecule has 0 spiro atoms. The van der Waals surface area contributed by atoms with Crippen LogP contribution in [0.4, 0.5) is 11.4 Å². The molecule has 172 valence electrons. The molecule has 1 fully saturated rings. The van der Waals surface area contributed by atoms with E-state index in [0.717, 1.165) is 37.6 Å². The van der Waals surface area contributed by atoms with E-state index in [-0.39, 0.29) is 0 Å². The fraction of sp³-hybridized carbons (Fsp3) is 0.391. The van der Waals surface area contributed by atoms with Crippen molar-refractivity contribution in [2.75, 3.05) is 70.8 Å². The van der Waals surface area contributed by atoms with Gasteiger partial charge in [0, 0.05) is 45.3 Å². The molecule has 0 aliphatic carbocycles. The van der Waals surface area contributed by atoms with Gasteiger partial charge in [0.05, 0.1) is 32.7 Å². The molecule has 0 unspecified atom stereocenters. The van der Waals surface area contributed by atoms with Crippen molar-refractivity contribution >= 4 is 23.2 Å². The lowest BCUT2D eigenvalue weighted by Gasteiger charge is -2.36. The highest BCUT2D eigenvalue weighted by atomic mass is 16.5. The average Bonchev–Trinajstić information content (AvgIpc) is 2.84. The molecule has 1 aliphatic heterocycles. The van der Waals surface area contributed by atoms with Crippen LogP contribution in [0.5, 0.6) is 17.2 Å². The number of carbonyl (C=O) groups excluding carboxylic acids is 2. The normalized spacial score (nSPS) is 13.9. The van der Waals surface area contributed by atoms with E-state index in [1.165, 1.54) is 14.2 Å². The van der Waals surface area contributed by atoms with Gasteiger partial charge in [-0.05, 0) is 24.3 Å². The van der Waals surface area contributed by atoms with E-state index < -0.39 is 11.8 Å². The molecule has 2 N–H and O–H groups in total. The molecule has 3 rings (SSSR count). The first-order valence-electron chi connectivity index (χ1n) is 10.5. The fourth-order valence-corrected chi connectivity index (χ4v) is 3.60. The molecular weight excluding hydrogens is 412 g/mol. The van der Waals surface area contributed by atoms with Crippen LogP contribution < -0.4 is 29.7 Å². The lowest BCUT2D eigenvalue weighted by atomic mass is 10.2. The molecule has 9 nitrogen and oxygen atoms in total. The highest BCUT2D eigenvalue weighted by molar-refractivity contribution is 6.39. The van der Waals surface area contributed by atoms with E-state index in [2.05, 4.69) is 26.5 Å². The Morgan fingerprint density at radius 1 is 0.875 bits per heavy atom. The van der Waals surface area contributed by atoms with Crippen molar-refractivity contribution < 1.29 is 23.8 Å². The van der Waals surface area contributed by atoms with Gasteiger partial charge in [0.1, 0.15) is 17.2 Å². The van der Waals surface area contributed by atoms with Crippen molar-refractivity contribution in [3.63, 3.8) is 0 Å². The van der Waals surface area contributed by atoms with Gasteiger partial charge in [-0.2, -0.15) is 0 Å². The van der Waals surface area contributed by atoms with Crippen LogP contribution in [0.15, 0.2) is 42.5 Å². The minimum absolute atomic E-state index is 0.375. The summed E-state index contributed by atoms with van der Waals surface area (Å²) < 4.78 is 15.8. The molecule has 0 aromatic heterocycles. The molecule has 2 aromatic rings. The number of methoxy groups -OCH3 is 3. The number of hydrogen-bond acceptors (Lipinski definition) is 7. The number of hydrogen-bond donors (Lipinski definition) is 2. The van der Waals surface area contributed by atoms with Gasteiger partial charge >= 0.3 is 11.8 Å². The van der Waals surface area contributed by atoms with Crippen molar-refractivity contribution in [1.82, 2.24) is 10.2 Å². The average molecular weight is 443 g/mol. The summed E-state index contributed by atoms with van der Waals surface area (Å²) >= 11 is 0. The van der Waals surface area contributed by atoms with Gasteiger partial charge in [-0.3, -0.25) is 14.5 Å². The van der Waals surface area contributed by atoms with Gasteiger partial charge in [0.25, 0.3) is 0 Å². The van der Waals surface area contributed by atoms with E-state index in [0.29, 0.717) is 30.3 Å². The number of para-hydroxylation sites is 2. The molecular formula is C23H30N4O5. The van der Waals surface area contributed by atoms with Crippen LogP contribution in [-0.4, -0.2) is 77.3 Å². The lowest BCUT2D eigenvalue weighted by molar-refractivity contribution is -0.136. The Morgan fingerprint density at radius 2 is 1.59 bits per heavy atom. The maximum Gasteiger partial charge on any atom is 0.313 e. The Morgan fingerprint density at radius 3 is 2.28 bits per heavy atom. The molecule has 0 atom stereocenters. The largest absolute Gasteiger partial charge is 0.497 e. The molecule has 1 saturated heterocycles. The van der Waals surface area contributed by atoms with Crippen molar-refractivity contribution in [2.24, 2.45) is 0 Å². The zero-order chi connectivity index (χ0) is 22.9. The quantitative estimate of drug-likeness (QED) is 0.600. The monoisotopic (exact) mass is 442 g/mol. The number of anilines is 2. The topological polar surface area (TPSA) is 92.4 Å². The molecule has 32 heavy (non-hydrogen) atoms. The van der Waals surface area contributed by atoms with E-state index in [1.807, 2.05) is 18.2 Å². The summed E-state index contributed by atoms with van der Waals surface area (Å²) in [6, 6.07) is 13.0. The second-order valence-corrected chi connectivity index (χ2v) is 7.28. The lowest BCUT2D eigenvalue weighted by Crippen LogP contribution is -2.49. The smallest absolute Gasteiger partial charge is 0.313 e. The zero-order valence-electron chi connectivity index (χ0n) is 18.7. The van der Waals surface area contributed by atoms with Crippen LogP contribution in [0.2, 0.25) is 0 Å². The van der Waals surface area contributed by atoms with Crippen molar-refractivity contribution in [3.05, 3.63) is 42.5 Å². The first-order valence-corrected chi connectivity index (χ1v) is 10.5. The van der Waals surface area contributed by atoms with Gasteiger partial charge in [-0.1, -0.05) is 12.1 Å². The van der Waals surface area contributed by atoms with Crippen LogP contribution in [-0.2, 0) is 9.59 Å². The third-order valence-corrected chi connectivity index (χ3v) is 5.37. The molecule has 0 radical (unpaired) electrons. The van der Waals surface area contributed by atoms with Gasteiger partial charge in [-0.15, -0.1) is 0 Å². The van der Waals surface area contributed by atoms with E-state index in [9.17, 15) is 9.59 Å². The van der Waals surface area contributed by atoms with Crippen LogP contribution in [0.25, 0.3) is 0 Å². The second-order valence-electron chi connectivity index (χ2n) is 7.28. The number of nitrogens with zero attached hydrogens (tertiary/aromatic N) is 2. The minimum atomic E-state index is -0.752. The summed E-state index contributed by atoms with van der Waals surface area (Å²) in [5.74, 6) is 0.417. The second kappa shape index (κ2) is 11.2. The number of rotatable bonds is 8. The first kappa shape index (κ1) is 23.2. The van der Waals surface area contributed by atoms with Gasteiger partial charge in [-0.25, -0.2) is 0 Å². The molecule has 0 saturated carbocycles. The van der Waals surface area contributed by atoms with E-state index in [4.69, 9.17) is 14.2 Å². The Bertz CT molecular complexity index is 928. The van der Waals surface area contributed by atoms with Gasteiger partial charge in [0.15, 0.2) is 0 Å². The third kappa shape index (κ3) is 5.82. The molecule has 1 aliphatic rings. The number of nitrogens with one attached hydrogen (secondary N) is 2. The fourth-order valence-electron chi connectivity index (χ4n) is 3.60. The van der Waals surface area contributed by atoms with Crippen LogP contribution in [0.3, 0.4) is 0 Å². The Kier molecular flexibility index (Phi) is 8.15. The van der Waals surface area contributed by atoms with Gasteiger partial charge in [0.2, 0.25) is 0 Å². The highest BCUT2D eigenvalue weighted by Crippen LogP contribution is 2.29. The summed E-state index contributed by atoms with van der Waals surface area (Å²) in [6.45, 7) is 4.51. The van der Waals surface area contributed by atoms with Crippen molar-refractivity contribution in [3.8, 4) is 17.2 Å². The van der Waals surface area contributed by atoms with Crippen molar-refractivity contribution in [1.29, 1.82) is 0 Å². The Balaban J connectivity index is 1.43. The number of amides is 2. The first-order chi connectivity index (χ1) is 15.5. The number of benzene rings is 2. The van der Waals surface area contributed by atoms with Crippen molar-refractivity contribution in [2.45, 2.75) is 0 Å². The summed E-state index contributed by atoms with van der Waals surface area (Å²) in [5.41, 5.74) is 1.46. The van der Waals surface area contributed by atoms with Gasteiger partial charge < -0.3 is 29.7 Å². The predicted octanol–water partition coefficient (Wildman–Crippen LogP) is 1.59. The SMILES string of the molecule is COc1ccc(OC)c(NC(=O)C(=O)NCCN2CCN(c3ccccc3OC)CC2)c1. The zero-order valence-corrected chi connectivity index (χ0v) is 18.7. The standard InChI is InChI=1S/C23H30N4O5/c1-30-17-8-9-20(31-2)18(16-17)25-23(29)22(28)24-10-11-26-12-14-27(15-13-26)19-6-4-5-7-21(19)32-3/h4-9,16H,10-15H2,1-3H3,(H,24,28)(H,25,29). The summed E-state index contributed by atoms with van der Waals surface area (Å²) in [6.07, 6.45) is 0. The summed E-state index contributed by atoms with van der Waals surface area (Å²) in [5, 5.41) is 5.25. The number of carbonyl (C=O) groups is 2. The molecule has 0 bridgehead atoms. The summed E-state index contributed by atoms with van der Waals surface area (Å²) in [7, 11) is 4.69. The van der Waals surface area contributed by atoms with Crippen LogP contribution >= 0.6 is 0 Å². The van der Waals surface area contributed by atoms with E-state index >= 15 is 0 Å². The van der Waals surface area contributed by atoms with Crippen LogP contribution in [0.1, 0.15) is 0 Å². The Hall–Kier alpha value is -3.46. The maximum atomic E-state index is 12.3. The van der Waals surface area contributed by atoms with E-state index in [1.54, 1.807) is 25.3 Å². The number of ether oxygens (including phenoxy) is 3. The summed E-state index contributed by atoms with van der Waals surface area (Å²) in [4.78, 5) is 29.0. The third-order valence-electron chi connectivity index (χ3n) is 5.37.